The molecule has 0 saturated heterocycles. The van der Waals surface area contributed by atoms with E-state index in [1.165, 1.54) is 0 Å². The van der Waals surface area contributed by atoms with Crippen molar-refractivity contribution in [3.8, 4) is 24.7 Å². The Morgan fingerprint density at radius 3 is 1.50 bits per heavy atom. The number of esters is 2. The molecule has 5 heteroatoms. The zero-order chi connectivity index (χ0) is 15.5. The van der Waals surface area contributed by atoms with Gasteiger partial charge in [0.25, 0.3) is 0 Å². The van der Waals surface area contributed by atoms with Crippen molar-refractivity contribution in [3.63, 3.8) is 0 Å². The average molecular weight is 278 g/mol. The predicted molar refractivity (Wildman–Crippen MR) is 72.2 cm³/mol. The fraction of sp³-hybridized carbons (Fsp3) is 0.533. The van der Waals surface area contributed by atoms with Gasteiger partial charge in [0.1, 0.15) is 11.8 Å². The highest BCUT2D eigenvalue weighted by Crippen LogP contribution is 2.17. The number of hydrogen-bond acceptors (Lipinski definition) is 5. The van der Waals surface area contributed by atoms with Crippen LogP contribution in [0.5, 0.6) is 0 Å². The van der Waals surface area contributed by atoms with Gasteiger partial charge in [-0.3, -0.25) is 14.4 Å². The summed E-state index contributed by atoms with van der Waals surface area (Å²) >= 11 is 0. The molecule has 0 rings (SSSR count). The lowest BCUT2D eigenvalue weighted by atomic mass is 9.88. The van der Waals surface area contributed by atoms with Gasteiger partial charge in [0.15, 0.2) is 5.78 Å². The highest BCUT2D eigenvalue weighted by molar-refractivity contribution is 6.08. The summed E-state index contributed by atoms with van der Waals surface area (Å²) in [5.74, 6) is -0.0744. The third-order valence-electron chi connectivity index (χ3n) is 2.47. The Kier molecular flexibility index (Phi) is 8.54. The number of Topliss-reactive ketones (excluding diaryl/α,β-unsaturated/α-hetero) is 1. The van der Waals surface area contributed by atoms with Crippen LogP contribution in [0, 0.1) is 36.5 Å². The standard InChI is InChI=1S/C15H18O5/c1-5-9-11(14(17)19-7-3)13(16)12(10-6-2)15(18)20-8-4/h1-2,11-12H,7-10H2,3-4H3. The molecule has 0 bridgehead atoms. The highest BCUT2D eigenvalue weighted by Gasteiger charge is 2.37. The van der Waals surface area contributed by atoms with Gasteiger partial charge in [0, 0.05) is 12.8 Å². The third kappa shape index (κ3) is 5.16. The molecule has 0 spiro atoms. The Morgan fingerprint density at radius 2 is 1.25 bits per heavy atom. The van der Waals surface area contributed by atoms with Crippen LogP contribution in [0.3, 0.4) is 0 Å². The number of carbonyl (C=O) groups excluding carboxylic acids is 3. The van der Waals surface area contributed by atoms with Gasteiger partial charge in [-0.1, -0.05) is 0 Å². The van der Waals surface area contributed by atoms with Gasteiger partial charge in [-0.15, -0.1) is 24.7 Å². The largest absolute Gasteiger partial charge is 0.465 e. The summed E-state index contributed by atoms with van der Waals surface area (Å²) < 4.78 is 9.57. The minimum Gasteiger partial charge on any atom is -0.465 e. The number of ketones is 1. The Labute approximate surface area is 119 Å². The third-order valence-corrected chi connectivity index (χ3v) is 2.47. The van der Waals surface area contributed by atoms with E-state index in [9.17, 15) is 14.4 Å². The maximum absolute atomic E-state index is 12.3. The molecule has 108 valence electrons. The van der Waals surface area contributed by atoms with Gasteiger partial charge in [-0.25, -0.2) is 0 Å². The van der Waals surface area contributed by atoms with Crippen molar-refractivity contribution >= 4 is 17.7 Å². The van der Waals surface area contributed by atoms with Gasteiger partial charge < -0.3 is 9.47 Å². The number of hydrogen-bond donors (Lipinski definition) is 0. The van der Waals surface area contributed by atoms with Gasteiger partial charge >= 0.3 is 11.9 Å². The first-order valence-electron chi connectivity index (χ1n) is 6.27. The van der Waals surface area contributed by atoms with Gasteiger partial charge in [0.05, 0.1) is 13.2 Å². The van der Waals surface area contributed by atoms with Gasteiger partial charge in [-0.05, 0) is 13.8 Å². The Hall–Kier alpha value is -2.27. The van der Waals surface area contributed by atoms with E-state index in [4.69, 9.17) is 22.3 Å². The van der Waals surface area contributed by atoms with E-state index in [-0.39, 0.29) is 26.1 Å². The summed E-state index contributed by atoms with van der Waals surface area (Å²) in [6, 6.07) is 0. The summed E-state index contributed by atoms with van der Waals surface area (Å²) in [6.45, 7) is 3.46. The molecule has 0 radical (unpaired) electrons. The first-order chi connectivity index (χ1) is 9.53. The van der Waals surface area contributed by atoms with Crippen LogP contribution in [0.1, 0.15) is 26.7 Å². The van der Waals surface area contributed by atoms with Crippen molar-refractivity contribution in [2.45, 2.75) is 26.7 Å². The molecule has 0 heterocycles. The first kappa shape index (κ1) is 17.7. The van der Waals surface area contributed by atoms with Crippen molar-refractivity contribution in [2.75, 3.05) is 13.2 Å². The van der Waals surface area contributed by atoms with Crippen LogP contribution in [-0.4, -0.2) is 30.9 Å². The molecule has 0 aromatic heterocycles. The average Bonchev–Trinajstić information content (AvgIpc) is 2.41. The van der Waals surface area contributed by atoms with Gasteiger partial charge in [0.2, 0.25) is 0 Å². The Balaban J connectivity index is 5.16. The second-order valence-corrected chi connectivity index (χ2v) is 3.83. The van der Waals surface area contributed by atoms with Crippen LogP contribution in [-0.2, 0) is 23.9 Å². The van der Waals surface area contributed by atoms with E-state index >= 15 is 0 Å². The summed E-state index contributed by atoms with van der Waals surface area (Å²) in [5, 5.41) is 0. The van der Waals surface area contributed by atoms with Crippen LogP contribution in [0.15, 0.2) is 0 Å². The second-order valence-electron chi connectivity index (χ2n) is 3.83. The van der Waals surface area contributed by atoms with E-state index in [0.29, 0.717) is 0 Å². The normalized spacial score (nSPS) is 12.4. The lowest BCUT2D eigenvalue weighted by molar-refractivity contribution is -0.157. The Bertz CT molecular complexity index is 398. The Morgan fingerprint density at radius 1 is 0.900 bits per heavy atom. The molecule has 0 fully saturated rings. The number of rotatable bonds is 8. The zero-order valence-corrected chi connectivity index (χ0v) is 11.7. The van der Waals surface area contributed by atoms with Crippen molar-refractivity contribution in [2.24, 2.45) is 11.8 Å². The monoisotopic (exact) mass is 278 g/mol. The minimum atomic E-state index is -1.19. The lowest BCUT2D eigenvalue weighted by Crippen LogP contribution is -2.36. The number of ether oxygens (including phenoxy) is 2. The van der Waals surface area contributed by atoms with Crippen molar-refractivity contribution in [1.82, 2.24) is 0 Å². The van der Waals surface area contributed by atoms with Crippen LogP contribution < -0.4 is 0 Å². The molecule has 20 heavy (non-hydrogen) atoms. The molecule has 0 saturated carbocycles. The SMILES string of the molecule is C#CCC(C(=O)OCC)C(=O)C(CC#C)C(=O)OCC. The van der Waals surface area contributed by atoms with Crippen molar-refractivity contribution < 1.29 is 23.9 Å². The molecule has 0 aliphatic heterocycles. The van der Waals surface area contributed by atoms with E-state index in [2.05, 4.69) is 11.8 Å². The molecular formula is C15H18O5. The molecule has 2 unspecified atom stereocenters. The molecule has 5 nitrogen and oxygen atoms in total. The highest BCUT2D eigenvalue weighted by atomic mass is 16.5. The molecule has 0 aliphatic carbocycles. The molecular weight excluding hydrogens is 260 g/mol. The number of carbonyl (C=O) groups is 3. The van der Waals surface area contributed by atoms with E-state index < -0.39 is 29.6 Å². The molecule has 0 N–H and O–H groups in total. The molecule has 0 aromatic rings. The molecule has 0 aliphatic rings. The van der Waals surface area contributed by atoms with Crippen molar-refractivity contribution in [3.05, 3.63) is 0 Å². The zero-order valence-electron chi connectivity index (χ0n) is 11.7. The lowest BCUT2D eigenvalue weighted by Gasteiger charge is -2.17. The fourth-order valence-corrected chi connectivity index (χ4v) is 1.56. The van der Waals surface area contributed by atoms with Crippen LogP contribution in [0.4, 0.5) is 0 Å². The fourth-order valence-electron chi connectivity index (χ4n) is 1.56. The van der Waals surface area contributed by atoms with Crippen LogP contribution in [0.2, 0.25) is 0 Å². The van der Waals surface area contributed by atoms with Crippen LogP contribution in [0.25, 0.3) is 0 Å². The quantitative estimate of drug-likeness (QED) is 0.376. The molecule has 0 aromatic carbocycles. The topological polar surface area (TPSA) is 69.7 Å². The number of terminal acetylenes is 2. The van der Waals surface area contributed by atoms with E-state index in [1.807, 2.05) is 0 Å². The minimum absolute atomic E-state index is 0.117. The van der Waals surface area contributed by atoms with Crippen molar-refractivity contribution in [1.29, 1.82) is 0 Å². The summed E-state index contributed by atoms with van der Waals surface area (Å²) in [5.41, 5.74) is 0. The van der Waals surface area contributed by atoms with E-state index in [0.717, 1.165) is 0 Å². The molecule has 0 amide bonds. The maximum atomic E-state index is 12.3. The summed E-state index contributed by atoms with van der Waals surface area (Å²) in [7, 11) is 0. The first-order valence-corrected chi connectivity index (χ1v) is 6.27. The summed E-state index contributed by atoms with van der Waals surface area (Å²) in [6.07, 6.45) is 10.0. The molecule has 2 atom stereocenters. The van der Waals surface area contributed by atoms with Gasteiger partial charge in [-0.2, -0.15) is 0 Å². The van der Waals surface area contributed by atoms with Crippen LogP contribution >= 0.6 is 0 Å². The predicted octanol–water partition coefficient (Wildman–Crippen LogP) is 0.961. The smallest absolute Gasteiger partial charge is 0.317 e. The van der Waals surface area contributed by atoms with E-state index in [1.54, 1.807) is 13.8 Å². The maximum Gasteiger partial charge on any atom is 0.317 e. The second kappa shape index (κ2) is 9.63. The summed E-state index contributed by atoms with van der Waals surface area (Å²) in [4.78, 5) is 35.7.